The minimum absolute atomic E-state index is 0.0933. The molecule has 27 heavy (non-hydrogen) atoms. The maximum atomic E-state index is 12.2. The molecule has 0 radical (unpaired) electrons. The van der Waals surface area contributed by atoms with Crippen molar-refractivity contribution in [1.29, 1.82) is 0 Å². The fourth-order valence-corrected chi connectivity index (χ4v) is 2.40. The molecular weight excluding hydrogens is 354 g/mol. The van der Waals surface area contributed by atoms with Gasteiger partial charge in [-0.25, -0.2) is 4.98 Å². The van der Waals surface area contributed by atoms with Gasteiger partial charge in [0.15, 0.2) is 5.96 Å². The number of nitrogens with one attached hydrogen (secondary N) is 1. The third-order valence-electron chi connectivity index (χ3n) is 3.83. The van der Waals surface area contributed by atoms with Crippen LogP contribution in [0.1, 0.15) is 38.0 Å². The van der Waals surface area contributed by atoms with Gasteiger partial charge in [-0.05, 0) is 17.7 Å². The second kappa shape index (κ2) is 8.83. The molecule has 0 aliphatic heterocycles. The van der Waals surface area contributed by atoms with Gasteiger partial charge >= 0.3 is 6.61 Å². The van der Waals surface area contributed by atoms with Gasteiger partial charge in [0, 0.05) is 26.1 Å². The van der Waals surface area contributed by atoms with Crippen molar-refractivity contribution < 1.29 is 17.9 Å². The highest BCUT2D eigenvalue weighted by atomic mass is 19.3. The highest BCUT2D eigenvalue weighted by Crippen LogP contribution is 2.22. The molecule has 8 heteroatoms. The Morgan fingerprint density at radius 1 is 1.30 bits per heavy atom. The molecule has 0 spiro atoms. The molecule has 1 N–H and O–H groups in total. The molecule has 0 amide bonds. The summed E-state index contributed by atoms with van der Waals surface area (Å²) >= 11 is 0. The van der Waals surface area contributed by atoms with Gasteiger partial charge in [0.1, 0.15) is 11.5 Å². The minimum Gasteiger partial charge on any atom is -0.443 e. The first-order valence-electron chi connectivity index (χ1n) is 8.59. The molecule has 148 valence electrons. The van der Waals surface area contributed by atoms with Gasteiger partial charge in [-0.2, -0.15) is 8.78 Å². The Hall–Kier alpha value is -2.64. The van der Waals surface area contributed by atoms with Crippen LogP contribution in [-0.2, 0) is 18.5 Å². The normalized spacial score (nSPS) is 12.4. The number of guanidine groups is 1. The number of aromatic nitrogens is 1. The van der Waals surface area contributed by atoms with Gasteiger partial charge in [-0.3, -0.25) is 4.99 Å². The van der Waals surface area contributed by atoms with Gasteiger partial charge < -0.3 is 19.4 Å². The third kappa shape index (κ3) is 6.23. The summed E-state index contributed by atoms with van der Waals surface area (Å²) in [5.41, 5.74) is 0.845. The Balaban J connectivity index is 1.92. The van der Waals surface area contributed by atoms with Gasteiger partial charge in [-0.1, -0.05) is 32.9 Å². The molecule has 0 fully saturated rings. The van der Waals surface area contributed by atoms with Crippen molar-refractivity contribution in [1.82, 2.24) is 15.2 Å². The maximum absolute atomic E-state index is 12.2. The number of nitrogens with zero attached hydrogens (tertiary/aromatic N) is 3. The highest BCUT2D eigenvalue weighted by Gasteiger charge is 2.19. The Morgan fingerprint density at radius 2 is 1.96 bits per heavy atom. The van der Waals surface area contributed by atoms with Crippen LogP contribution in [0.2, 0.25) is 0 Å². The van der Waals surface area contributed by atoms with Crippen molar-refractivity contribution in [3.8, 4) is 5.75 Å². The number of ether oxygens (including phenoxy) is 1. The second-order valence-corrected chi connectivity index (χ2v) is 7.15. The van der Waals surface area contributed by atoms with Crippen LogP contribution in [0, 0.1) is 0 Å². The summed E-state index contributed by atoms with van der Waals surface area (Å²) in [6, 6.07) is 6.52. The van der Waals surface area contributed by atoms with E-state index < -0.39 is 6.61 Å². The number of hydrogen-bond acceptors (Lipinski definition) is 4. The average molecular weight is 380 g/mol. The number of alkyl halides is 2. The Bertz CT molecular complexity index is 752. The molecule has 6 nitrogen and oxygen atoms in total. The number of aliphatic imine (C=N–C) groups is 1. The Morgan fingerprint density at radius 3 is 2.48 bits per heavy atom. The van der Waals surface area contributed by atoms with E-state index in [9.17, 15) is 8.78 Å². The predicted molar refractivity (Wildman–Crippen MR) is 99.9 cm³/mol. The van der Waals surface area contributed by atoms with Crippen molar-refractivity contribution in [2.45, 2.75) is 45.9 Å². The molecule has 0 unspecified atom stereocenters. The van der Waals surface area contributed by atoms with Gasteiger partial charge in [-0.15, -0.1) is 0 Å². The van der Waals surface area contributed by atoms with Crippen molar-refractivity contribution in [2.75, 3.05) is 14.1 Å². The van der Waals surface area contributed by atoms with Crippen LogP contribution in [0.15, 0.2) is 39.9 Å². The first-order valence-corrected chi connectivity index (χ1v) is 8.59. The summed E-state index contributed by atoms with van der Waals surface area (Å²) < 4.78 is 34.5. The summed E-state index contributed by atoms with van der Waals surface area (Å²) in [7, 11) is 3.57. The molecule has 0 aliphatic rings. The number of hydrogen-bond donors (Lipinski definition) is 1. The zero-order valence-electron chi connectivity index (χ0n) is 16.3. The zero-order valence-corrected chi connectivity index (χ0v) is 16.3. The van der Waals surface area contributed by atoms with Crippen LogP contribution in [-0.4, -0.2) is 36.6 Å². The van der Waals surface area contributed by atoms with Gasteiger partial charge in [0.2, 0.25) is 5.89 Å². The summed E-state index contributed by atoms with van der Waals surface area (Å²) in [5, 5.41) is 3.20. The standard InChI is InChI=1S/C19H26F2N4O2/c1-19(2,3)15-10-23-16(27-15)11-24-18(22-4)25(5)12-13-6-8-14(9-7-13)26-17(20)21/h6-10,17H,11-12H2,1-5H3,(H,22,24). The summed E-state index contributed by atoms with van der Waals surface area (Å²) in [5.74, 6) is 2.22. The largest absolute Gasteiger partial charge is 0.443 e. The van der Waals surface area contributed by atoms with Crippen LogP contribution in [0.3, 0.4) is 0 Å². The van der Waals surface area contributed by atoms with E-state index in [1.165, 1.54) is 12.1 Å². The molecule has 2 rings (SSSR count). The van der Waals surface area contributed by atoms with Crippen molar-refractivity contribution in [3.05, 3.63) is 47.7 Å². The minimum atomic E-state index is -2.82. The SMILES string of the molecule is CN=C(NCc1ncc(C(C)(C)C)o1)N(C)Cc1ccc(OC(F)F)cc1. The predicted octanol–water partition coefficient (Wildman–Crippen LogP) is 3.78. The number of oxazole rings is 1. The average Bonchev–Trinajstić information content (AvgIpc) is 3.06. The maximum Gasteiger partial charge on any atom is 0.387 e. The van der Waals surface area contributed by atoms with Crippen LogP contribution in [0.5, 0.6) is 5.75 Å². The molecule has 1 aromatic heterocycles. The second-order valence-electron chi connectivity index (χ2n) is 7.15. The van der Waals surface area contributed by atoms with E-state index in [2.05, 4.69) is 40.8 Å². The lowest BCUT2D eigenvalue weighted by Gasteiger charge is -2.22. The van der Waals surface area contributed by atoms with E-state index in [0.717, 1.165) is 11.3 Å². The molecule has 0 saturated heterocycles. The van der Waals surface area contributed by atoms with E-state index >= 15 is 0 Å². The Kier molecular flexibility index (Phi) is 6.76. The van der Waals surface area contributed by atoms with Crippen molar-refractivity contribution >= 4 is 5.96 Å². The summed E-state index contributed by atoms with van der Waals surface area (Å²) in [4.78, 5) is 10.5. The third-order valence-corrected chi connectivity index (χ3v) is 3.83. The summed E-state index contributed by atoms with van der Waals surface area (Å²) in [6.07, 6.45) is 1.74. The molecule has 0 aliphatic carbocycles. The molecule has 1 aromatic carbocycles. The first-order chi connectivity index (χ1) is 12.7. The molecule has 1 heterocycles. The van der Waals surface area contributed by atoms with Crippen molar-refractivity contribution in [3.63, 3.8) is 0 Å². The molecule has 0 atom stereocenters. The van der Waals surface area contributed by atoms with Crippen LogP contribution in [0.4, 0.5) is 8.78 Å². The number of halogens is 2. The highest BCUT2D eigenvalue weighted by molar-refractivity contribution is 5.79. The lowest BCUT2D eigenvalue weighted by atomic mass is 9.94. The molecular formula is C19H26F2N4O2. The van der Waals surface area contributed by atoms with E-state index in [-0.39, 0.29) is 11.2 Å². The lowest BCUT2D eigenvalue weighted by molar-refractivity contribution is -0.0498. The zero-order chi connectivity index (χ0) is 20.0. The first kappa shape index (κ1) is 20.7. The van der Waals surface area contributed by atoms with Crippen LogP contribution >= 0.6 is 0 Å². The molecule has 0 saturated carbocycles. The smallest absolute Gasteiger partial charge is 0.387 e. The van der Waals surface area contributed by atoms with E-state index in [4.69, 9.17) is 4.42 Å². The fourth-order valence-electron chi connectivity index (χ4n) is 2.40. The molecule has 2 aromatic rings. The number of rotatable bonds is 6. The van der Waals surface area contributed by atoms with Crippen LogP contribution in [0.25, 0.3) is 0 Å². The van der Waals surface area contributed by atoms with Crippen molar-refractivity contribution in [2.24, 2.45) is 4.99 Å². The molecule has 0 bridgehead atoms. The number of benzene rings is 1. The van der Waals surface area contributed by atoms with E-state index in [0.29, 0.717) is 24.9 Å². The summed E-state index contributed by atoms with van der Waals surface area (Å²) in [6.45, 7) is 4.33. The quantitative estimate of drug-likeness (QED) is 0.610. The lowest BCUT2D eigenvalue weighted by Crippen LogP contribution is -2.38. The van der Waals surface area contributed by atoms with Gasteiger partial charge in [0.05, 0.1) is 12.7 Å². The fraction of sp³-hybridized carbons (Fsp3) is 0.474. The van der Waals surface area contributed by atoms with Gasteiger partial charge in [0.25, 0.3) is 0 Å². The topological polar surface area (TPSA) is 62.9 Å². The Labute approximate surface area is 158 Å². The monoisotopic (exact) mass is 380 g/mol. The van der Waals surface area contributed by atoms with E-state index in [1.54, 1.807) is 25.4 Å². The van der Waals surface area contributed by atoms with Crippen LogP contribution < -0.4 is 10.1 Å². The van der Waals surface area contributed by atoms with E-state index in [1.807, 2.05) is 11.9 Å².